The van der Waals surface area contributed by atoms with Gasteiger partial charge in [0.15, 0.2) is 43.6 Å². The number of aliphatic imine (C=N–C) groups is 7. The van der Waals surface area contributed by atoms with Gasteiger partial charge in [-0.05, 0) is 0 Å². The number of hydrogen-bond acceptors (Lipinski definition) is 23. The number of thioether (sulfide) groups is 2. The number of amides is 5. The van der Waals surface area contributed by atoms with E-state index >= 15 is 0 Å². The molecule has 5 amide bonds. The van der Waals surface area contributed by atoms with Crippen LogP contribution in [0.1, 0.15) is 0 Å². The summed E-state index contributed by atoms with van der Waals surface area (Å²) in [4.78, 5) is 84.9. The number of morpholine rings is 1. The zero-order valence-electron chi connectivity index (χ0n) is 34.7. The van der Waals surface area contributed by atoms with E-state index in [-0.39, 0.29) is 52.7 Å². The normalized spacial score (nSPS) is 27.4. The standard InChI is InChI=1S/C8H10N4O.C8H9N3OS.C7H9N5O.C7H8N4O2.C7H8N4OS/c1-5-2-10-7(8(13)12-5)6-3-9-4-11-6;1-5-3-13-7(8(12)11-5)6-2-9-4-10-6;1-4-2-8-5(7(13)11-4)6-9-3-10-12-6;2*1-4-2-13-5(7(12)10-4)6-8-3-9-11-6/h3,7,10H,1-2,4H2,(H,12,13);2,7H,1,3-4H2,(H,11,12);5,8H,1-3H2,(H,11,13);2*5H,1-3H2,(H,10,12). The lowest BCUT2D eigenvalue weighted by atomic mass is 10.1. The minimum absolute atomic E-state index is 0.0339. The molecule has 5 saturated heterocycles. The molecule has 0 radical (unpaired) electrons. The molecule has 0 spiro atoms. The predicted octanol–water partition coefficient (Wildman–Crippen LogP) is -0.914. The average molecular weight is 929 g/mol. The molecule has 10 heterocycles. The van der Waals surface area contributed by atoms with Gasteiger partial charge in [-0.3, -0.25) is 54.6 Å². The highest BCUT2D eigenvalue weighted by Gasteiger charge is 2.33. The van der Waals surface area contributed by atoms with E-state index in [0.717, 1.165) is 22.9 Å². The van der Waals surface area contributed by atoms with Gasteiger partial charge in [0.25, 0.3) is 5.91 Å². The molecule has 0 saturated carbocycles. The van der Waals surface area contributed by atoms with Crippen molar-refractivity contribution in [1.29, 1.82) is 0 Å². The number of azo groups is 3. The number of carbonyl (C=O) groups is 5. The predicted molar refractivity (Wildman–Crippen MR) is 245 cm³/mol. The van der Waals surface area contributed by atoms with Gasteiger partial charge in [0.05, 0.1) is 18.0 Å². The number of ether oxygens (including phenoxy) is 1. The van der Waals surface area contributed by atoms with E-state index in [2.05, 4.69) is 136 Å². The van der Waals surface area contributed by atoms with E-state index in [9.17, 15) is 24.0 Å². The summed E-state index contributed by atoms with van der Waals surface area (Å²) in [6.07, 6.45) is 2.58. The Morgan fingerprint density at radius 2 is 0.969 bits per heavy atom. The first-order chi connectivity index (χ1) is 31.4. The van der Waals surface area contributed by atoms with Crippen molar-refractivity contribution in [2.45, 2.75) is 28.7 Å². The molecule has 28 heteroatoms. The highest BCUT2D eigenvalue weighted by atomic mass is 32.2. The third-order valence-corrected chi connectivity index (χ3v) is 11.4. The van der Waals surface area contributed by atoms with Crippen LogP contribution in [-0.2, 0) is 28.7 Å². The quantitative estimate of drug-likeness (QED) is 0.178. The Balaban J connectivity index is 0.000000135. The van der Waals surface area contributed by atoms with Gasteiger partial charge in [0.1, 0.15) is 35.9 Å². The van der Waals surface area contributed by atoms with Crippen LogP contribution >= 0.6 is 23.5 Å². The first-order valence-corrected chi connectivity index (χ1v) is 21.5. The van der Waals surface area contributed by atoms with Gasteiger partial charge in [-0.1, -0.05) is 32.9 Å². The van der Waals surface area contributed by atoms with Crippen LogP contribution in [0, 0.1) is 0 Å². The fourth-order valence-electron chi connectivity index (χ4n) is 5.92. The van der Waals surface area contributed by atoms with Crippen LogP contribution in [0.3, 0.4) is 0 Å². The van der Waals surface area contributed by atoms with Gasteiger partial charge in [0.2, 0.25) is 23.6 Å². The third kappa shape index (κ3) is 13.6. The zero-order chi connectivity index (χ0) is 46.3. The van der Waals surface area contributed by atoms with Crippen molar-refractivity contribution in [3.63, 3.8) is 0 Å². The SMILES string of the molecule is C=C1CNC(C2=NCN=C2)C(=O)N1.C=C1CNC(C2=NCN=N2)C(=O)N1.C=C1COC(C2=NCN=N2)C(=O)N1.C=C1CSC(C2=NCN=C2)C(=O)N1.C=C1CSC(C2=NCN=N2)C(=O)N1. The zero-order valence-corrected chi connectivity index (χ0v) is 36.4. The maximum atomic E-state index is 11.5. The van der Waals surface area contributed by atoms with Crippen LogP contribution in [0.25, 0.3) is 0 Å². The lowest BCUT2D eigenvalue weighted by Gasteiger charge is -2.23. The first kappa shape index (κ1) is 47.6. The molecule has 0 aromatic rings. The molecule has 0 aliphatic carbocycles. The van der Waals surface area contributed by atoms with Crippen LogP contribution < -0.4 is 37.2 Å². The summed E-state index contributed by atoms with van der Waals surface area (Å²) in [7, 11) is 0. The third-order valence-electron chi connectivity index (χ3n) is 8.87. The second-order valence-electron chi connectivity index (χ2n) is 13.9. The van der Waals surface area contributed by atoms with Crippen LogP contribution in [0.5, 0.6) is 0 Å². The topological polar surface area (TPSA) is 339 Å². The van der Waals surface area contributed by atoms with Gasteiger partial charge >= 0.3 is 0 Å². The molecule has 5 atom stereocenters. The van der Waals surface area contributed by atoms with E-state index in [1.54, 1.807) is 24.2 Å². The largest absolute Gasteiger partial charge is 0.354 e. The molecule has 0 aromatic heterocycles. The molecule has 26 nitrogen and oxygen atoms in total. The Morgan fingerprint density at radius 1 is 0.492 bits per heavy atom. The summed E-state index contributed by atoms with van der Waals surface area (Å²) in [6, 6.07) is -0.839. The fraction of sp³-hybridized carbons (Fsp3) is 0.405. The Labute approximate surface area is 379 Å². The second kappa shape index (κ2) is 23.2. The minimum atomic E-state index is -0.725. The summed E-state index contributed by atoms with van der Waals surface area (Å²) >= 11 is 3.02. The molecule has 5 fully saturated rings. The van der Waals surface area contributed by atoms with E-state index in [4.69, 9.17) is 4.74 Å². The molecule has 340 valence electrons. The van der Waals surface area contributed by atoms with E-state index < -0.39 is 12.1 Å². The Bertz CT molecular complexity index is 1980. The van der Waals surface area contributed by atoms with E-state index in [1.165, 1.54) is 11.8 Å². The summed E-state index contributed by atoms with van der Waals surface area (Å²) < 4.78 is 5.19. The number of hydrogen-bond donors (Lipinski definition) is 7. The van der Waals surface area contributed by atoms with Crippen molar-refractivity contribution in [2.75, 3.05) is 64.5 Å². The second-order valence-corrected chi connectivity index (χ2v) is 16.1. The lowest BCUT2D eigenvalue weighted by molar-refractivity contribution is -0.130. The number of nitrogens with zero attached hydrogens (tertiary/aromatic N) is 13. The van der Waals surface area contributed by atoms with Crippen molar-refractivity contribution in [1.82, 2.24) is 37.2 Å². The maximum absolute atomic E-state index is 11.5. The van der Waals surface area contributed by atoms with E-state index in [1.807, 2.05) is 0 Å². The van der Waals surface area contributed by atoms with Crippen LogP contribution in [-0.4, -0.2) is 164 Å². The van der Waals surface area contributed by atoms with Crippen molar-refractivity contribution in [3.05, 3.63) is 61.4 Å². The van der Waals surface area contributed by atoms with Crippen molar-refractivity contribution in [2.24, 2.45) is 65.6 Å². The number of rotatable bonds is 5. The number of carbonyl (C=O) groups excluding carboxylic acids is 5. The highest BCUT2D eigenvalue weighted by Crippen LogP contribution is 2.23. The van der Waals surface area contributed by atoms with Crippen molar-refractivity contribution < 1.29 is 28.7 Å². The molecule has 7 N–H and O–H groups in total. The van der Waals surface area contributed by atoms with Gasteiger partial charge < -0.3 is 31.3 Å². The monoisotopic (exact) mass is 928 g/mol. The van der Waals surface area contributed by atoms with E-state index in [0.29, 0.717) is 92.4 Å². The van der Waals surface area contributed by atoms with Crippen molar-refractivity contribution in [3.8, 4) is 0 Å². The molecular weight excluding hydrogens is 885 g/mol. The molecular formula is C37H44N20O6S2. The molecule has 10 rings (SSSR count). The molecule has 10 aliphatic rings. The summed E-state index contributed by atoms with van der Waals surface area (Å²) in [5, 5.41) is 41.0. The van der Waals surface area contributed by atoms with Crippen LogP contribution in [0.15, 0.2) is 127 Å². The Hall–Kier alpha value is -6.88. The Kier molecular flexibility index (Phi) is 17.0. The van der Waals surface area contributed by atoms with Gasteiger partial charge in [-0.2, -0.15) is 15.3 Å². The van der Waals surface area contributed by atoms with Gasteiger partial charge in [-0.25, -0.2) is 15.0 Å². The summed E-state index contributed by atoms with van der Waals surface area (Å²) in [5.41, 5.74) is 4.88. The molecule has 0 bridgehead atoms. The van der Waals surface area contributed by atoms with Crippen LogP contribution in [0.2, 0.25) is 0 Å². The molecule has 65 heavy (non-hydrogen) atoms. The minimum Gasteiger partial charge on any atom is -0.354 e. The number of nitrogens with one attached hydrogen (secondary N) is 7. The molecule has 10 aliphatic heterocycles. The van der Waals surface area contributed by atoms with Gasteiger partial charge in [0, 0.05) is 65.5 Å². The molecule has 5 unspecified atom stereocenters. The molecule has 0 aromatic carbocycles. The van der Waals surface area contributed by atoms with Gasteiger partial charge in [-0.15, -0.1) is 38.9 Å². The highest BCUT2D eigenvalue weighted by molar-refractivity contribution is 8.02. The average Bonchev–Trinajstić information content (AvgIpc) is 4.13. The number of piperazine rings is 2. The van der Waals surface area contributed by atoms with Crippen LogP contribution in [0.4, 0.5) is 0 Å². The summed E-state index contributed by atoms with van der Waals surface area (Å²) in [5.74, 6) is 2.09. The maximum Gasteiger partial charge on any atom is 0.261 e. The lowest BCUT2D eigenvalue weighted by Crippen LogP contribution is -2.55. The first-order valence-electron chi connectivity index (χ1n) is 19.4. The fourth-order valence-corrected chi connectivity index (χ4v) is 7.80. The smallest absolute Gasteiger partial charge is 0.261 e. The van der Waals surface area contributed by atoms with Crippen molar-refractivity contribution >= 4 is 94.4 Å². The summed E-state index contributed by atoms with van der Waals surface area (Å²) in [6.45, 7) is 21.5. The number of amidine groups is 3. The Morgan fingerprint density at radius 3 is 1.45 bits per heavy atom.